The Balaban J connectivity index is 1.61. The third kappa shape index (κ3) is 7.43. The van der Waals surface area contributed by atoms with Crippen molar-refractivity contribution < 1.29 is 23.9 Å². The van der Waals surface area contributed by atoms with Crippen LogP contribution in [-0.4, -0.2) is 47.1 Å². The van der Waals surface area contributed by atoms with Gasteiger partial charge in [-0.15, -0.1) is 0 Å². The number of fused-ring (bicyclic) bond motifs is 1. The second-order valence-corrected chi connectivity index (χ2v) is 9.49. The molecule has 5 N–H and O–H groups in total. The second kappa shape index (κ2) is 13.7. The summed E-state index contributed by atoms with van der Waals surface area (Å²) in [4.78, 5) is 45.5. The number of anilines is 2. The molecule has 0 saturated heterocycles. The highest BCUT2D eigenvalue weighted by Crippen LogP contribution is 2.40. The molecule has 1 aromatic heterocycles. The Hall–Kier alpha value is -3.69. The summed E-state index contributed by atoms with van der Waals surface area (Å²) in [6.07, 6.45) is 4.85. The van der Waals surface area contributed by atoms with Crippen LogP contribution in [0.2, 0.25) is 0 Å². The number of nitrogens with zero attached hydrogens (tertiary/aromatic N) is 2. The lowest BCUT2D eigenvalue weighted by Gasteiger charge is -2.20. The molecule has 0 bridgehead atoms. The maximum absolute atomic E-state index is 12.9. The van der Waals surface area contributed by atoms with Gasteiger partial charge in [0.25, 0.3) is 5.91 Å². The average molecular weight is 526 g/mol. The van der Waals surface area contributed by atoms with E-state index in [1.807, 2.05) is 12.1 Å². The molecule has 10 nitrogen and oxygen atoms in total. The molecule has 3 atom stereocenters. The van der Waals surface area contributed by atoms with Gasteiger partial charge in [0.1, 0.15) is 11.9 Å². The van der Waals surface area contributed by atoms with Gasteiger partial charge in [0.05, 0.1) is 18.9 Å². The molecule has 0 saturated carbocycles. The third-order valence-corrected chi connectivity index (χ3v) is 7.03. The van der Waals surface area contributed by atoms with Crippen molar-refractivity contribution in [2.75, 3.05) is 24.7 Å². The summed E-state index contributed by atoms with van der Waals surface area (Å²) < 4.78 is 10.0. The van der Waals surface area contributed by atoms with Crippen molar-refractivity contribution in [2.24, 2.45) is 0 Å². The first kappa shape index (κ1) is 28.9. The fraction of sp³-hybridized carbons (Fsp3) is 0.536. The summed E-state index contributed by atoms with van der Waals surface area (Å²) in [6.45, 7) is 5.99. The van der Waals surface area contributed by atoms with Gasteiger partial charge in [-0.25, -0.2) is 9.78 Å². The number of carbonyl (C=O) groups excluding carboxylic acids is 3. The predicted octanol–water partition coefficient (Wildman–Crippen LogP) is 3.65. The zero-order valence-electron chi connectivity index (χ0n) is 22.5. The number of aromatic nitrogens is 2. The monoisotopic (exact) mass is 525 g/mol. The van der Waals surface area contributed by atoms with E-state index in [1.165, 1.54) is 0 Å². The molecule has 0 aliphatic heterocycles. The molecule has 1 aliphatic carbocycles. The largest absolute Gasteiger partial charge is 0.466 e. The van der Waals surface area contributed by atoms with Crippen LogP contribution in [0.5, 0.6) is 0 Å². The number of hydrogen-bond donors (Lipinski definition) is 3. The van der Waals surface area contributed by atoms with Crippen LogP contribution < -0.4 is 16.8 Å². The lowest BCUT2D eigenvalue weighted by atomic mass is 9.86. The molecule has 1 aromatic carbocycles. The highest BCUT2D eigenvalue weighted by Gasteiger charge is 2.28. The Morgan fingerprint density at radius 1 is 1.03 bits per heavy atom. The number of nitrogens with two attached hydrogens (primary N) is 2. The number of nitrogen functional groups attached to an aromatic ring is 2. The number of aryl methyl sites for hydroxylation is 1. The van der Waals surface area contributed by atoms with Gasteiger partial charge in [0.2, 0.25) is 5.95 Å². The molecule has 10 heteroatoms. The van der Waals surface area contributed by atoms with E-state index in [4.69, 9.17) is 20.9 Å². The number of carbonyl (C=O) groups is 3. The van der Waals surface area contributed by atoms with Crippen LogP contribution in [0.4, 0.5) is 11.8 Å². The van der Waals surface area contributed by atoms with E-state index in [1.54, 1.807) is 26.0 Å². The minimum Gasteiger partial charge on any atom is -0.466 e. The van der Waals surface area contributed by atoms with Crippen LogP contribution in [0, 0.1) is 0 Å². The van der Waals surface area contributed by atoms with Crippen LogP contribution in [0.15, 0.2) is 24.3 Å². The van der Waals surface area contributed by atoms with Crippen molar-refractivity contribution >= 4 is 29.6 Å². The van der Waals surface area contributed by atoms with Gasteiger partial charge in [-0.2, -0.15) is 4.98 Å². The molecule has 0 spiro atoms. The Bertz CT molecular complexity index is 1120. The first-order valence-corrected chi connectivity index (χ1v) is 13.4. The quantitative estimate of drug-likeness (QED) is 0.332. The predicted molar refractivity (Wildman–Crippen MR) is 144 cm³/mol. The number of rotatable bonds is 13. The fourth-order valence-electron chi connectivity index (χ4n) is 5.08. The summed E-state index contributed by atoms with van der Waals surface area (Å²) in [6, 6.07) is 6.51. The highest BCUT2D eigenvalue weighted by atomic mass is 16.5. The van der Waals surface area contributed by atoms with Crippen LogP contribution in [0.3, 0.4) is 0 Å². The van der Waals surface area contributed by atoms with Gasteiger partial charge >= 0.3 is 11.9 Å². The molecule has 1 heterocycles. The summed E-state index contributed by atoms with van der Waals surface area (Å²) >= 11 is 0. The Labute approximate surface area is 223 Å². The van der Waals surface area contributed by atoms with Gasteiger partial charge in [0, 0.05) is 17.5 Å². The van der Waals surface area contributed by atoms with Crippen LogP contribution in [0.25, 0.3) is 0 Å². The molecule has 0 radical (unpaired) electrons. The van der Waals surface area contributed by atoms with E-state index in [0.717, 1.165) is 48.9 Å². The minimum atomic E-state index is -0.934. The van der Waals surface area contributed by atoms with E-state index >= 15 is 0 Å². The van der Waals surface area contributed by atoms with E-state index in [9.17, 15) is 14.4 Å². The van der Waals surface area contributed by atoms with E-state index in [-0.39, 0.29) is 32.0 Å². The molecule has 1 amide bonds. The lowest BCUT2D eigenvalue weighted by Crippen LogP contribution is -2.42. The van der Waals surface area contributed by atoms with Crippen molar-refractivity contribution in [3.63, 3.8) is 0 Å². The van der Waals surface area contributed by atoms with Crippen molar-refractivity contribution in [1.82, 2.24) is 15.3 Å². The normalized spacial score (nSPS) is 15.8. The maximum atomic E-state index is 12.9. The summed E-state index contributed by atoms with van der Waals surface area (Å²) in [5, 5.41) is 2.71. The Kier molecular flexibility index (Phi) is 10.4. The van der Waals surface area contributed by atoms with Gasteiger partial charge in [-0.3, -0.25) is 9.59 Å². The van der Waals surface area contributed by atoms with Gasteiger partial charge in [-0.05, 0) is 81.9 Å². The second-order valence-electron chi connectivity index (χ2n) is 9.49. The smallest absolute Gasteiger partial charge is 0.328 e. The number of hydrogen-bond acceptors (Lipinski definition) is 9. The third-order valence-electron chi connectivity index (χ3n) is 7.03. The van der Waals surface area contributed by atoms with Crippen LogP contribution in [-0.2, 0) is 25.5 Å². The van der Waals surface area contributed by atoms with Crippen molar-refractivity contribution in [1.29, 1.82) is 0 Å². The van der Waals surface area contributed by atoms with E-state index in [2.05, 4.69) is 22.2 Å². The fourth-order valence-corrected chi connectivity index (χ4v) is 5.08. The average Bonchev–Trinajstić information content (AvgIpc) is 3.30. The number of ether oxygens (including phenoxy) is 2. The molecule has 1 aliphatic rings. The van der Waals surface area contributed by atoms with Gasteiger partial charge in [0.15, 0.2) is 0 Å². The van der Waals surface area contributed by atoms with Gasteiger partial charge < -0.3 is 26.3 Å². The Morgan fingerprint density at radius 2 is 1.74 bits per heavy atom. The topological polar surface area (TPSA) is 160 Å². The van der Waals surface area contributed by atoms with Gasteiger partial charge in [-0.1, -0.05) is 19.1 Å². The SMILES string of the molecule is CCOC(=O)CC[C@H](NC(=O)c1ccc(C(CC)CCC2CCc3nc(N)nc(N)c32)cc1)C(=O)OCC. The minimum absolute atomic E-state index is 0.00530. The summed E-state index contributed by atoms with van der Waals surface area (Å²) in [7, 11) is 0. The van der Waals surface area contributed by atoms with Crippen LogP contribution >= 0.6 is 0 Å². The molecular formula is C28H39N5O5. The van der Waals surface area contributed by atoms with Crippen molar-refractivity contribution in [3.8, 4) is 0 Å². The first-order chi connectivity index (χ1) is 18.3. The number of benzene rings is 1. The maximum Gasteiger partial charge on any atom is 0.328 e. The number of esters is 2. The zero-order valence-corrected chi connectivity index (χ0v) is 22.5. The zero-order chi connectivity index (χ0) is 27.7. The molecular weight excluding hydrogens is 486 g/mol. The molecule has 3 rings (SSSR count). The number of amides is 1. The number of nitrogens with one attached hydrogen (secondary N) is 1. The molecule has 0 fully saturated rings. The van der Waals surface area contributed by atoms with E-state index < -0.39 is 23.9 Å². The molecule has 38 heavy (non-hydrogen) atoms. The van der Waals surface area contributed by atoms with Crippen molar-refractivity contribution in [3.05, 3.63) is 46.6 Å². The summed E-state index contributed by atoms with van der Waals surface area (Å²) in [5.41, 5.74) is 15.5. The highest BCUT2D eigenvalue weighted by molar-refractivity contribution is 5.96. The van der Waals surface area contributed by atoms with Crippen LogP contribution in [0.1, 0.15) is 98.3 Å². The molecule has 2 aromatic rings. The molecule has 2 unspecified atom stereocenters. The standard InChI is InChI=1S/C28H39N5O5/c1-4-17(7-10-19-13-14-21-24(19)25(29)33-28(30)32-21)18-8-11-20(12-9-18)26(35)31-22(27(36)38-6-3)15-16-23(34)37-5-2/h8-9,11-12,17,19,22H,4-7,10,13-16H2,1-3H3,(H,31,35)(H4,29,30,32,33)/t17?,19?,22-/m0/s1. The lowest BCUT2D eigenvalue weighted by molar-refractivity contribution is -0.146. The first-order valence-electron chi connectivity index (χ1n) is 13.4. The van der Waals surface area contributed by atoms with E-state index in [0.29, 0.717) is 23.2 Å². The summed E-state index contributed by atoms with van der Waals surface area (Å²) in [5.74, 6) is -0.0415. The Morgan fingerprint density at radius 3 is 2.39 bits per heavy atom. The van der Waals surface area contributed by atoms with Crippen molar-refractivity contribution in [2.45, 2.75) is 83.6 Å². The molecule has 206 valence electrons.